The fourth-order valence-corrected chi connectivity index (χ4v) is 1.16. The van der Waals surface area contributed by atoms with Crippen molar-refractivity contribution >= 4 is 28.6 Å². The minimum absolute atomic E-state index is 0.340. The first-order valence-corrected chi connectivity index (χ1v) is 3.77. The van der Waals surface area contributed by atoms with Gasteiger partial charge in [-0.05, 0) is 40.8 Å². The van der Waals surface area contributed by atoms with Crippen molar-refractivity contribution in [2.75, 3.05) is 0 Å². The molecule has 0 bridgehead atoms. The van der Waals surface area contributed by atoms with Crippen molar-refractivity contribution in [2.45, 2.75) is 0 Å². The lowest BCUT2D eigenvalue weighted by atomic mass is 10.2. The molecule has 0 aromatic heterocycles. The zero-order chi connectivity index (χ0) is 7.56. The van der Waals surface area contributed by atoms with Crippen LogP contribution in [0.25, 0.3) is 0 Å². The number of carbonyl (C=O) groups is 1. The molecular formula is C7H5IO2. The monoisotopic (exact) mass is 246 g/mol. The van der Waals surface area contributed by atoms with Crippen molar-refractivity contribution in [3.05, 3.63) is 33.4 Å². The standard InChI is InChI=1S/C7H5IO2/c8-6-3-1-2-5(4-6)7(9)10/h1-4H,(H,9,10)/i8-2. The van der Waals surface area contributed by atoms with E-state index < -0.39 is 5.97 Å². The summed E-state index contributed by atoms with van der Waals surface area (Å²) in [4.78, 5) is 10.3. The number of hydrogen-bond donors (Lipinski definition) is 1. The molecule has 52 valence electrons. The predicted octanol–water partition coefficient (Wildman–Crippen LogP) is 1.99. The van der Waals surface area contributed by atoms with E-state index in [0.29, 0.717) is 5.56 Å². The second-order valence-corrected chi connectivity index (χ2v) is 3.06. The maximum atomic E-state index is 10.3. The molecule has 1 aromatic carbocycles. The van der Waals surface area contributed by atoms with Gasteiger partial charge < -0.3 is 5.11 Å². The van der Waals surface area contributed by atoms with Gasteiger partial charge in [-0.25, -0.2) is 4.79 Å². The summed E-state index contributed by atoms with van der Waals surface area (Å²) >= 11 is 2.08. The number of hydrogen-bond acceptors (Lipinski definition) is 1. The third-order valence-corrected chi connectivity index (χ3v) is 1.74. The van der Waals surface area contributed by atoms with Gasteiger partial charge in [0, 0.05) is 3.57 Å². The Kier molecular flexibility index (Phi) is 2.26. The molecule has 0 aliphatic carbocycles. The van der Waals surface area contributed by atoms with E-state index in [1.807, 2.05) is 6.07 Å². The van der Waals surface area contributed by atoms with Crippen LogP contribution in [0.15, 0.2) is 24.3 Å². The zero-order valence-electron chi connectivity index (χ0n) is 5.04. The number of benzene rings is 1. The summed E-state index contributed by atoms with van der Waals surface area (Å²) in [6.07, 6.45) is 0. The van der Waals surface area contributed by atoms with Gasteiger partial charge in [0.05, 0.1) is 5.56 Å². The molecule has 0 saturated carbocycles. The Hall–Kier alpha value is -0.580. The lowest BCUT2D eigenvalue weighted by molar-refractivity contribution is 0.0697. The van der Waals surface area contributed by atoms with Gasteiger partial charge in [0.15, 0.2) is 0 Å². The van der Waals surface area contributed by atoms with Crippen LogP contribution in [0.2, 0.25) is 0 Å². The quantitative estimate of drug-likeness (QED) is 0.769. The average molecular weight is 246 g/mol. The number of halogens is 1. The van der Waals surface area contributed by atoms with Crippen LogP contribution >= 0.6 is 22.6 Å². The van der Waals surface area contributed by atoms with Gasteiger partial charge in [0.1, 0.15) is 0 Å². The maximum absolute atomic E-state index is 10.3. The van der Waals surface area contributed by atoms with Gasteiger partial charge in [-0.1, -0.05) is 6.07 Å². The van der Waals surface area contributed by atoms with E-state index in [9.17, 15) is 4.79 Å². The Balaban J connectivity index is 3.07. The fourth-order valence-electron chi connectivity index (χ4n) is 0.622. The van der Waals surface area contributed by atoms with Gasteiger partial charge in [0.25, 0.3) is 0 Å². The van der Waals surface area contributed by atoms with Gasteiger partial charge in [0.2, 0.25) is 0 Å². The summed E-state index contributed by atoms with van der Waals surface area (Å²) in [6, 6.07) is 6.78. The van der Waals surface area contributed by atoms with Crippen LogP contribution in [-0.2, 0) is 0 Å². The third-order valence-electron chi connectivity index (χ3n) is 1.07. The molecule has 0 amide bonds. The van der Waals surface area contributed by atoms with E-state index in [2.05, 4.69) is 22.6 Å². The molecule has 10 heavy (non-hydrogen) atoms. The molecule has 0 aliphatic rings. The molecule has 0 saturated heterocycles. The number of rotatable bonds is 1. The first kappa shape index (κ1) is 7.53. The van der Waals surface area contributed by atoms with Crippen molar-refractivity contribution in [2.24, 2.45) is 0 Å². The Labute approximate surface area is 72.0 Å². The molecule has 2 nitrogen and oxygen atoms in total. The highest BCUT2D eigenvalue weighted by Crippen LogP contribution is 2.06. The van der Waals surface area contributed by atoms with Crippen LogP contribution in [0.1, 0.15) is 10.4 Å². The smallest absolute Gasteiger partial charge is 0.335 e. The topological polar surface area (TPSA) is 37.3 Å². The SMILES string of the molecule is O=C(O)c1cccc([125I])c1. The third kappa shape index (κ3) is 1.70. The number of carboxylic acids is 1. The highest BCUT2D eigenvalue weighted by Gasteiger charge is 1.99. The van der Waals surface area contributed by atoms with Gasteiger partial charge in [-0.2, -0.15) is 0 Å². The highest BCUT2D eigenvalue weighted by molar-refractivity contribution is 14.1. The molecule has 1 aromatic rings. The first-order valence-electron chi connectivity index (χ1n) is 2.69. The van der Waals surface area contributed by atoms with Crippen molar-refractivity contribution in [1.29, 1.82) is 0 Å². The Morgan fingerprint density at radius 1 is 1.50 bits per heavy atom. The summed E-state index contributed by atoms with van der Waals surface area (Å²) in [5, 5.41) is 8.51. The molecule has 0 fully saturated rings. The van der Waals surface area contributed by atoms with E-state index in [-0.39, 0.29) is 0 Å². The summed E-state index contributed by atoms with van der Waals surface area (Å²) in [7, 11) is 0. The Morgan fingerprint density at radius 3 is 2.60 bits per heavy atom. The van der Waals surface area contributed by atoms with Crippen LogP contribution in [0, 0.1) is 3.57 Å². The molecule has 0 aliphatic heterocycles. The second kappa shape index (κ2) is 3.01. The molecule has 3 heteroatoms. The van der Waals surface area contributed by atoms with Crippen molar-refractivity contribution in [3.8, 4) is 0 Å². The van der Waals surface area contributed by atoms with Crippen LogP contribution in [0.5, 0.6) is 0 Å². The number of carboxylic acid groups (broad SMARTS) is 1. The minimum Gasteiger partial charge on any atom is -0.478 e. The van der Waals surface area contributed by atoms with Crippen molar-refractivity contribution in [1.82, 2.24) is 0 Å². The summed E-state index contributed by atoms with van der Waals surface area (Å²) < 4.78 is 0.942. The zero-order valence-corrected chi connectivity index (χ0v) is 7.20. The summed E-state index contributed by atoms with van der Waals surface area (Å²) in [5.41, 5.74) is 0.340. The summed E-state index contributed by atoms with van der Waals surface area (Å²) in [6.45, 7) is 0. The molecule has 0 unspecified atom stereocenters. The molecule has 1 rings (SSSR count). The first-order chi connectivity index (χ1) is 4.70. The van der Waals surface area contributed by atoms with E-state index in [1.165, 1.54) is 0 Å². The lowest BCUT2D eigenvalue weighted by Gasteiger charge is -1.92. The fraction of sp³-hybridized carbons (Fsp3) is 0. The lowest BCUT2D eigenvalue weighted by Crippen LogP contribution is -1.95. The van der Waals surface area contributed by atoms with Crippen molar-refractivity contribution in [3.63, 3.8) is 0 Å². The van der Waals surface area contributed by atoms with Crippen LogP contribution < -0.4 is 0 Å². The molecule has 0 radical (unpaired) electrons. The molecule has 0 atom stereocenters. The van der Waals surface area contributed by atoms with E-state index >= 15 is 0 Å². The van der Waals surface area contributed by atoms with Gasteiger partial charge >= 0.3 is 5.97 Å². The average Bonchev–Trinajstić information content (AvgIpc) is 1.88. The highest BCUT2D eigenvalue weighted by atomic mass is 125. The van der Waals surface area contributed by atoms with Gasteiger partial charge in [-0.15, -0.1) is 0 Å². The van der Waals surface area contributed by atoms with Gasteiger partial charge in [-0.3, -0.25) is 0 Å². The Morgan fingerprint density at radius 2 is 2.20 bits per heavy atom. The van der Waals surface area contributed by atoms with E-state index in [1.54, 1.807) is 18.2 Å². The van der Waals surface area contributed by atoms with Crippen molar-refractivity contribution < 1.29 is 9.90 Å². The molecule has 0 heterocycles. The Bertz CT molecular complexity index is 258. The summed E-state index contributed by atoms with van der Waals surface area (Å²) in [5.74, 6) is -0.876. The van der Waals surface area contributed by atoms with E-state index in [4.69, 9.17) is 5.11 Å². The normalized spacial score (nSPS) is 9.30. The maximum Gasteiger partial charge on any atom is 0.335 e. The molecule has 0 spiro atoms. The molecule has 1 N–H and O–H groups in total. The minimum atomic E-state index is -0.876. The van der Waals surface area contributed by atoms with E-state index in [0.717, 1.165) is 3.57 Å². The van der Waals surface area contributed by atoms with Crippen LogP contribution in [0.4, 0.5) is 0 Å². The van der Waals surface area contributed by atoms with Crippen LogP contribution in [-0.4, -0.2) is 11.1 Å². The molecular weight excluding hydrogens is 241 g/mol. The predicted molar refractivity (Wildman–Crippen MR) is 46.1 cm³/mol. The second-order valence-electron chi connectivity index (χ2n) is 1.82. The number of aromatic carboxylic acids is 1. The van der Waals surface area contributed by atoms with Crippen LogP contribution in [0.3, 0.4) is 0 Å². The largest absolute Gasteiger partial charge is 0.478 e.